The molecule has 0 aromatic heterocycles. The average molecular weight is 251 g/mol. The predicted octanol–water partition coefficient (Wildman–Crippen LogP) is 2.56. The van der Waals surface area contributed by atoms with Gasteiger partial charge in [-0.15, -0.1) is 0 Å². The molecule has 1 atom stereocenters. The highest BCUT2D eigenvalue weighted by Gasteiger charge is 2.19. The smallest absolute Gasteiger partial charge is 0.0294 e. The van der Waals surface area contributed by atoms with E-state index in [1.54, 1.807) is 0 Å². The van der Waals surface area contributed by atoms with Crippen LogP contribution >= 0.6 is 0 Å². The highest BCUT2D eigenvalue weighted by Crippen LogP contribution is 2.18. The van der Waals surface area contributed by atoms with Crippen molar-refractivity contribution in [3.8, 4) is 0 Å². The van der Waals surface area contributed by atoms with E-state index in [9.17, 15) is 4.21 Å². The Morgan fingerprint density at radius 3 is 2.71 bits per heavy atom. The SMILES string of the molecule is Cc1cccc(C(C)NC2CCS(=O)CC2)c1. The molecule has 2 rings (SSSR count). The second-order valence-electron chi connectivity index (χ2n) is 4.92. The summed E-state index contributed by atoms with van der Waals surface area (Å²) in [5.41, 5.74) is 2.65. The zero-order valence-electron chi connectivity index (χ0n) is 10.6. The number of nitrogens with one attached hydrogen (secondary N) is 1. The summed E-state index contributed by atoms with van der Waals surface area (Å²) in [4.78, 5) is 0. The second kappa shape index (κ2) is 5.78. The van der Waals surface area contributed by atoms with Gasteiger partial charge in [-0.3, -0.25) is 4.21 Å². The van der Waals surface area contributed by atoms with Crippen molar-refractivity contribution in [1.29, 1.82) is 0 Å². The number of hydrogen-bond donors (Lipinski definition) is 1. The van der Waals surface area contributed by atoms with Crippen LogP contribution in [0.15, 0.2) is 24.3 Å². The Morgan fingerprint density at radius 1 is 1.35 bits per heavy atom. The van der Waals surface area contributed by atoms with E-state index in [2.05, 4.69) is 43.4 Å². The molecule has 17 heavy (non-hydrogen) atoms. The minimum absolute atomic E-state index is 0.381. The van der Waals surface area contributed by atoms with E-state index in [-0.39, 0.29) is 0 Å². The predicted molar refractivity (Wildman–Crippen MR) is 73.6 cm³/mol. The van der Waals surface area contributed by atoms with Gasteiger partial charge in [-0.2, -0.15) is 0 Å². The lowest BCUT2D eigenvalue weighted by molar-refractivity contribution is 0.427. The van der Waals surface area contributed by atoms with Crippen molar-refractivity contribution in [2.45, 2.75) is 38.8 Å². The van der Waals surface area contributed by atoms with Crippen molar-refractivity contribution in [2.75, 3.05) is 11.5 Å². The van der Waals surface area contributed by atoms with Gasteiger partial charge in [0.05, 0.1) is 0 Å². The lowest BCUT2D eigenvalue weighted by Gasteiger charge is -2.26. The molecule has 0 radical (unpaired) electrons. The quantitative estimate of drug-likeness (QED) is 0.894. The fourth-order valence-corrected chi connectivity index (χ4v) is 3.65. The van der Waals surface area contributed by atoms with Crippen LogP contribution in [0.1, 0.15) is 36.9 Å². The van der Waals surface area contributed by atoms with Crippen LogP contribution in [0.4, 0.5) is 0 Å². The Labute approximate surface area is 106 Å². The number of hydrogen-bond acceptors (Lipinski definition) is 2. The first-order valence-electron chi connectivity index (χ1n) is 6.33. The van der Waals surface area contributed by atoms with Crippen molar-refractivity contribution in [3.63, 3.8) is 0 Å². The molecule has 3 heteroatoms. The molecule has 1 saturated heterocycles. The van der Waals surface area contributed by atoms with Crippen molar-refractivity contribution in [2.24, 2.45) is 0 Å². The monoisotopic (exact) mass is 251 g/mol. The number of aryl methyl sites for hydroxylation is 1. The Bertz CT molecular complexity index is 395. The zero-order chi connectivity index (χ0) is 12.3. The van der Waals surface area contributed by atoms with E-state index in [0.29, 0.717) is 12.1 Å². The maximum atomic E-state index is 11.3. The second-order valence-corrected chi connectivity index (χ2v) is 6.62. The van der Waals surface area contributed by atoms with Crippen LogP contribution < -0.4 is 5.32 Å². The standard InChI is InChI=1S/C14H21NOS/c1-11-4-3-5-13(10-11)12(2)15-14-6-8-17(16)9-7-14/h3-5,10,12,14-15H,6-9H2,1-2H3. The van der Waals surface area contributed by atoms with Crippen LogP contribution in [0.3, 0.4) is 0 Å². The van der Waals surface area contributed by atoms with Gasteiger partial charge in [-0.05, 0) is 32.3 Å². The maximum absolute atomic E-state index is 11.3. The summed E-state index contributed by atoms with van der Waals surface area (Å²) in [6, 6.07) is 9.55. The number of benzene rings is 1. The highest BCUT2D eigenvalue weighted by atomic mass is 32.2. The van der Waals surface area contributed by atoms with Crippen LogP contribution in [0.25, 0.3) is 0 Å². The van der Waals surface area contributed by atoms with Gasteiger partial charge in [-0.25, -0.2) is 0 Å². The minimum atomic E-state index is -0.564. The molecule has 0 spiro atoms. The molecule has 1 unspecified atom stereocenters. The summed E-state index contributed by atoms with van der Waals surface area (Å²) in [6.45, 7) is 4.33. The van der Waals surface area contributed by atoms with E-state index in [1.165, 1.54) is 11.1 Å². The molecule has 0 saturated carbocycles. The van der Waals surface area contributed by atoms with Gasteiger partial charge in [0.2, 0.25) is 0 Å². The van der Waals surface area contributed by atoms with Gasteiger partial charge in [0, 0.05) is 34.4 Å². The van der Waals surface area contributed by atoms with Crippen molar-refractivity contribution in [3.05, 3.63) is 35.4 Å². The first-order valence-corrected chi connectivity index (χ1v) is 7.81. The van der Waals surface area contributed by atoms with Crippen molar-refractivity contribution in [1.82, 2.24) is 5.32 Å². The first kappa shape index (κ1) is 12.8. The molecule has 1 heterocycles. The van der Waals surface area contributed by atoms with Crippen molar-refractivity contribution >= 4 is 10.8 Å². The van der Waals surface area contributed by atoms with E-state index >= 15 is 0 Å². The summed E-state index contributed by atoms with van der Waals surface area (Å²) in [7, 11) is -0.564. The van der Waals surface area contributed by atoms with Gasteiger partial charge < -0.3 is 5.32 Å². The lowest BCUT2D eigenvalue weighted by atomic mass is 10.0. The molecule has 0 bridgehead atoms. The van der Waals surface area contributed by atoms with Gasteiger partial charge in [0.15, 0.2) is 0 Å². The van der Waals surface area contributed by atoms with Gasteiger partial charge in [-0.1, -0.05) is 29.8 Å². The Morgan fingerprint density at radius 2 is 2.06 bits per heavy atom. The third-order valence-electron chi connectivity index (χ3n) is 3.42. The van der Waals surface area contributed by atoms with E-state index in [4.69, 9.17) is 0 Å². The van der Waals surface area contributed by atoms with Gasteiger partial charge >= 0.3 is 0 Å². The Balaban J connectivity index is 1.92. The third-order valence-corrected chi connectivity index (χ3v) is 4.80. The van der Waals surface area contributed by atoms with E-state index < -0.39 is 10.8 Å². The minimum Gasteiger partial charge on any atom is -0.307 e. The van der Waals surface area contributed by atoms with Gasteiger partial charge in [0.25, 0.3) is 0 Å². The topological polar surface area (TPSA) is 29.1 Å². The summed E-state index contributed by atoms with van der Waals surface area (Å²) >= 11 is 0. The van der Waals surface area contributed by atoms with E-state index in [0.717, 1.165) is 24.3 Å². The van der Waals surface area contributed by atoms with E-state index in [1.807, 2.05) is 0 Å². The van der Waals surface area contributed by atoms with Crippen LogP contribution in [-0.2, 0) is 10.8 Å². The number of rotatable bonds is 3. The molecule has 1 N–H and O–H groups in total. The Hall–Kier alpha value is -0.670. The molecule has 1 aromatic carbocycles. The highest BCUT2D eigenvalue weighted by molar-refractivity contribution is 7.85. The molecule has 2 nitrogen and oxygen atoms in total. The molecule has 94 valence electrons. The molecule has 0 aliphatic carbocycles. The summed E-state index contributed by atoms with van der Waals surface area (Å²) < 4.78 is 11.3. The largest absolute Gasteiger partial charge is 0.307 e. The van der Waals surface area contributed by atoms with Crippen LogP contribution in [0.5, 0.6) is 0 Å². The zero-order valence-corrected chi connectivity index (χ0v) is 11.4. The fraction of sp³-hybridized carbons (Fsp3) is 0.571. The van der Waals surface area contributed by atoms with Crippen molar-refractivity contribution < 1.29 is 4.21 Å². The molecule has 1 fully saturated rings. The van der Waals surface area contributed by atoms with Crippen LogP contribution in [0.2, 0.25) is 0 Å². The third kappa shape index (κ3) is 3.65. The van der Waals surface area contributed by atoms with Crippen LogP contribution in [0, 0.1) is 6.92 Å². The molecule has 0 amide bonds. The van der Waals surface area contributed by atoms with Gasteiger partial charge in [0.1, 0.15) is 0 Å². The molecular formula is C14H21NOS. The first-order chi connectivity index (χ1) is 8.15. The maximum Gasteiger partial charge on any atom is 0.0294 e. The Kier molecular flexibility index (Phi) is 4.35. The molecule has 1 aliphatic heterocycles. The normalized spacial score (nSPS) is 26.7. The van der Waals surface area contributed by atoms with Crippen LogP contribution in [-0.4, -0.2) is 21.8 Å². The summed E-state index contributed by atoms with van der Waals surface area (Å²) in [6.07, 6.45) is 2.09. The summed E-state index contributed by atoms with van der Waals surface area (Å²) in [5.74, 6) is 1.72. The molecular weight excluding hydrogens is 230 g/mol. The fourth-order valence-electron chi connectivity index (χ4n) is 2.35. The molecule has 1 aliphatic rings. The average Bonchev–Trinajstić information content (AvgIpc) is 2.32. The molecule has 1 aromatic rings. The lowest BCUT2D eigenvalue weighted by Crippen LogP contribution is -2.37. The summed E-state index contributed by atoms with van der Waals surface area (Å²) in [5, 5.41) is 3.65.